The molecule has 0 spiro atoms. The second kappa shape index (κ2) is 8.19. The van der Waals surface area contributed by atoms with Crippen molar-refractivity contribution in [3.05, 3.63) is 35.4 Å². The lowest BCUT2D eigenvalue weighted by molar-refractivity contribution is -0.137. The molecule has 7 heteroatoms. The Morgan fingerprint density at radius 3 is 2.64 bits per heavy atom. The van der Waals surface area contributed by atoms with Crippen LogP contribution < -0.4 is 11.1 Å². The van der Waals surface area contributed by atoms with Gasteiger partial charge >= 0.3 is 6.18 Å². The number of alkyl halides is 3. The van der Waals surface area contributed by atoms with Crippen LogP contribution in [0.3, 0.4) is 0 Å². The molecule has 3 N–H and O–H groups in total. The van der Waals surface area contributed by atoms with Gasteiger partial charge in [-0.3, -0.25) is 4.79 Å². The first kappa shape index (κ1) is 19.7. The van der Waals surface area contributed by atoms with Gasteiger partial charge in [0.2, 0.25) is 5.91 Å². The van der Waals surface area contributed by atoms with Gasteiger partial charge in [-0.25, -0.2) is 0 Å². The Balaban J connectivity index is 2.15. The molecule has 0 bridgehead atoms. The van der Waals surface area contributed by atoms with Gasteiger partial charge in [0.25, 0.3) is 0 Å². The number of hydrogen-bond acceptors (Lipinski definition) is 3. The molecule has 1 amide bonds. The van der Waals surface area contributed by atoms with E-state index in [9.17, 15) is 18.0 Å². The number of nitrogens with one attached hydrogen (secondary N) is 1. The molecule has 0 aliphatic carbocycles. The van der Waals surface area contributed by atoms with Crippen molar-refractivity contribution in [3.8, 4) is 0 Å². The number of nitrogens with two attached hydrogens (primary N) is 1. The molecule has 1 aliphatic rings. The molecular formula is C18H25F3N2O2. The van der Waals surface area contributed by atoms with Crippen LogP contribution in [0.4, 0.5) is 13.2 Å². The summed E-state index contributed by atoms with van der Waals surface area (Å²) in [5.41, 5.74) is 5.28. The number of ether oxygens (including phenoxy) is 1. The predicted molar refractivity (Wildman–Crippen MR) is 88.7 cm³/mol. The fourth-order valence-corrected chi connectivity index (χ4v) is 3.02. The average Bonchev–Trinajstić information content (AvgIpc) is 3.02. The van der Waals surface area contributed by atoms with Crippen LogP contribution in [-0.4, -0.2) is 24.7 Å². The minimum absolute atomic E-state index is 0.132. The number of carbonyl (C=O) groups excluding carboxylic acids is 1. The van der Waals surface area contributed by atoms with Crippen molar-refractivity contribution in [1.82, 2.24) is 5.32 Å². The van der Waals surface area contributed by atoms with Gasteiger partial charge in [-0.1, -0.05) is 26.0 Å². The largest absolute Gasteiger partial charge is 0.416 e. The van der Waals surface area contributed by atoms with Gasteiger partial charge in [0.1, 0.15) is 6.10 Å². The van der Waals surface area contributed by atoms with E-state index >= 15 is 0 Å². The van der Waals surface area contributed by atoms with Gasteiger partial charge in [-0.15, -0.1) is 0 Å². The molecule has 1 unspecified atom stereocenters. The molecule has 25 heavy (non-hydrogen) atoms. The van der Waals surface area contributed by atoms with Crippen LogP contribution in [0.1, 0.15) is 50.3 Å². The molecule has 1 fully saturated rings. The Hall–Kier alpha value is -1.60. The molecule has 1 heterocycles. The van der Waals surface area contributed by atoms with Crippen molar-refractivity contribution in [2.24, 2.45) is 11.7 Å². The summed E-state index contributed by atoms with van der Waals surface area (Å²) in [5, 5.41) is 2.86. The summed E-state index contributed by atoms with van der Waals surface area (Å²) in [5.74, 6) is -0.0832. The van der Waals surface area contributed by atoms with E-state index in [0.717, 1.165) is 12.1 Å². The minimum Gasteiger partial charge on any atom is -0.364 e. The van der Waals surface area contributed by atoms with Gasteiger partial charge in [0.15, 0.2) is 0 Å². The van der Waals surface area contributed by atoms with E-state index in [2.05, 4.69) is 5.32 Å². The molecule has 140 valence electrons. The molecule has 0 radical (unpaired) electrons. The highest BCUT2D eigenvalue weighted by Crippen LogP contribution is 2.32. The second-order valence-corrected chi connectivity index (χ2v) is 6.87. The van der Waals surface area contributed by atoms with Crippen molar-refractivity contribution < 1.29 is 22.7 Å². The summed E-state index contributed by atoms with van der Waals surface area (Å²) in [6.07, 6.45) is -3.30. The Labute approximate surface area is 145 Å². The van der Waals surface area contributed by atoms with Crippen LogP contribution >= 0.6 is 0 Å². The van der Waals surface area contributed by atoms with Crippen LogP contribution in [0.25, 0.3) is 0 Å². The van der Waals surface area contributed by atoms with E-state index in [1.807, 2.05) is 13.8 Å². The first-order valence-electron chi connectivity index (χ1n) is 8.53. The topological polar surface area (TPSA) is 64.4 Å². The van der Waals surface area contributed by atoms with Crippen LogP contribution in [0.5, 0.6) is 0 Å². The molecule has 2 rings (SSSR count). The quantitative estimate of drug-likeness (QED) is 0.819. The van der Waals surface area contributed by atoms with E-state index in [1.165, 1.54) is 6.07 Å². The molecule has 3 atom stereocenters. The summed E-state index contributed by atoms with van der Waals surface area (Å²) < 4.78 is 44.5. The summed E-state index contributed by atoms with van der Waals surface area (Å²) in [4.78, 5) is 12.5. The summed E-state index contributed by atoms with van der Waals surface area (Å²) >= 11 is 0. The van der Waals surface area contributed by atoms with Gasteiger partial charge in [0, 0.05) is 6.54 Å². The van der Waals surface area contributed by atoms with E-state index in [1.54, 1.807) is 6.07 Å². The Kier molecular flexibility index (Phi) is 6.46. The fraction of sp³-hybridized carbons (Fsp3) is 0.611. The lowest BCUT2D eigenvalue weighted by Crippen LogP contribution is -2.38. The number of hydrogen-bond donors (Lipinski definition) is 2. The molecule has 4 nitrogen and oxygen atoms in total. The number of rotatable bonds is 6. The van der Waals surface area contributed by atoms with Crippen LogP contribution in [0.15, 0.2) is 24.3 Å². The zero-order valence-corrected chi connectivity index (χ0v) is 14.5. The van der Waals surface area contributed by atoms with Gasteiger partial charge < -0.3 is 15.8 Å². The van der Waals surface area contributed by atoms with Gasteiger partial charge in [-0.2, -0.15) is 13.2 Å². The molecular weight excluding hydrogens is 333 g/mol. The Morgan fingerprint density at radius 1 is 1.36 bits per heavy atom. The van der Waals surface area contributed by atoms with Gasteiger partial charge in [0.05, 0.1) is 17.7 Å². The zero-order valence-electron chi connectivity index (χ0n) is 14.5. The van der Waals surface area contributed by atoms with Crippen molar-refractivity contribution in [2.75, 3.05) is 6.54 Å². The van der Waals surface area contributed by atoms with Gasteiger partial charge in [-0.05, 0) is 42.9 Å². The molecule has 1 aliphatic heterocycles. The monoisotopic (exact) mass is 358 g/mol. The predicted octanol–water partition coefficient (Wildman–Crippen LogP) is 3.42. The fourth-order valence-electron chi connectivity index (χ4n) is 3.02. The zero-order chi connectivity index (χ0) is 18.6. The number of benzene rings is 1. The summed E-state index contributed by atoms with van der Waals surface area (Å²) in [6, 6.07) is 4.62. The first-order chi connectivity index (χ1) is 11.7. The minimum atomic E-state index is -4.41. The standard InChI is InChI=1S/C18H25F3N2O2/c1-11(2)8-15(12-4-3-5-13(9-12)18(19,20)21)23-17(24)16-7-6-14(10-22)25-16/h3-5,9,11,14-16H,6-8,10,22H2,1-2H3,(H,23,24)/t14-,15?,16+/m1/s1. The lowest BCUT2D eigenvalue weighted by atomic mass is 9.95. The first-order valence-corrected chi connectivity index (χ1v) is 8.53. The summed E-state index contributed by atoms with van der Waals surface area (Å²) in [7, 11) is 0. The highest BCUT2D eigenvalue weighted by atomic mass is 19.4. The third-order valence-electron chi connectivity index (χ3n) is 4.30. The summed E-state index contributed by atoms with van der Waals surface area (Å²) in [6.45, 7) is 4.28. The molecule has 1 aromatic carbocycles. The maximum absolute atomic E-state index is 13.0. The molecule has 1 aromatic rings. The van der Waals surface area contributed by atoms with Crippen LogP contribution in [0.2, 0.25) is 0 Å². The maximum Gasteiger partial charge on any atom is 0.416 e. The third-order valence-corrected chi connectivity index (χ3v) is 4.30. The van der Waals surface area contributed by atoms with Crippen molar-refractivity contribution in [2.45, 2.75) is 57.5 Å². The Morgan fingerprint density at radius 2 is 2.08 bits per heavy atom. The highest BCUT2D eigenvalue weighted by Gasteiger charge is 2.33. The smallest absolute Gasteiger partial charge is 0.364 e. The normalized spacial score (nSPS) is 22.2. The lowest BCUT2D eigenvalue weighted by Gasteiger charge is -2.24. The van der Waals surface area contributed by atoms with E-state index in [0.29, 0.717) is 31.4 Å². The van der Waals surface area contributed by atoms with E-state index < -0.39 is 23.9 Å². The SMILES string of the molecule is CC(C)CC(NC(=O)[C@@H]1CC[C@H](CN)O1)c1cccc(C(F)(F)F)c1. The van der Waals surface area contributed by atoms with Crippen molar-refractivity contribution in [1.29, 1.82) is 0 Å². The van der Waals surface area contributed by atoms with Crippen molar-refractivity contribution >= 4 is 5.91 Å². The highest BCUT2D eigenvalue weighted by molar-refractivity contribution is 5.81. The van der Waals surface area contributed by atoms with Crippen molar-refractivity contribution in [3.63, 3.8) is 0 Å². The number of amides is 1. The number of carbonyl (C=O) groups is 1. The van der Waals surface area contributed by atoms with Crippen LogP contribution in [0, 0.1) is 5.92 Å². The number of halogens is 3. The van der Waals surface area contributed by atoms with E-state index in [-0.39, 0.29) is 17.9 Å². The average molecular weight is 358 g/mol. The van der Waals surface area contributed by atoms with Crippen LogP contribution in [-0.2, 0) is 15.7 Å². The molecule has 1 saturated heterocycles. The molecule has 0 aromatic heterocycles. The maximum atomic E-state index is 13.0. The third kappa shape index (κ3) is 5.44. The van der Waals surface area contributed by atoms with E-state index in [4.69, 9.17) is 10.5 Å². The Bertz CT molecular complexity index is 590. The molecule has 0 saturated carbocycles. The second-order valence-electron chi connectivity index (χ2n) is 6.87.